The van der Waals surface area contributed by atoms with Crippen molar-refractivity contribution >= 4 is 24.1 Å². The summed E-state index contributed by atoms with van der Waals surface area (Å²) in [4.78, 5) is 48.3. The zero-order valence-corrected chi connectivity index (χ0v) is 21.3. The van der Waals surface area contributed by atoms with Gasteiger partial charge in [0, 0.05) is 0 Å². The second-order valence-electron chi connectivity index (χ2n) is 8.29. The summed E-state index contributed by atoms with van der Waals surface area (Å²) in [6, 6.07) is 3.61. The Morgan fingerprint density at radius 2 is 1.40 bits per heavy atom. The van der Waals surface area contributed by atoms with E-state index in [-0.39, 0.29) is 43.0 Å². The highest BCUT2D eigenvalue weighted by Gasteiger charge is 2.23. The number of rotatable bonds is 13. The summed E-state index contributed by atoms with van der Waals surface area (Å²) in [5, 5.41) is 0. The average molecular weight is 496 g/mol. The lowest BCUT2D eigenvalue weighted by molar-refractivity contribution is -0.148. The van der Waals surface area contributed by atoms with Crippen LogP contribution in [0.3, 0.4) is 0 Å². The van der Waals surface area contributed by atoms with Gasteiger partial charge in [-0.25, -0.2) is 4.79 Å². The van der Waals surface area contributed by atoms with Crippen LogP contribution in [0.1, 0.15) is 59.9 Å². The van der Waals surface area contributed by atoms with Gasteiger partial charge in [-0.3, -0.25) is 14.4 Å². The third-order valence-corrected chi connectivity index (χ3v) is 5.24. The molecule has 1 aromatic carbocycles. The maximum atomic E-state index is 12.4. The Labute approximate surface area is 206 Å². The topological polar surface area (TPSA) is 140 Å². The largest absolute Gasteiger partial charge is 0.508 e. The minimum Gasteiger partial charge on any atom is -0.461 e. The molecule has 0 radical (unpaired) electrons. The van der Waals surface area contributed by atoms with Crippen molar-refractivity contribution in [3.05, 3.63) is 23.8 Å². The van der Waals surface area contributed by atoms with Gasteiger partial charge in [0.15, 0.2) is 11.5 Å². The van der Waals surface area contributed by atoms with Gasteiger partial charge < -0.3 is 29.4 Å². The number of carbonyl (C=O) groups is 4. The molecule has 2 unspecified atom stereocenters. The van der Waals surface area contributed by atoms with Crippen molar-refractivity contribution in [1.29, 1.82) is 0 Å². The summed E-state index contributed by atoms with van der Waals surface area (Å²) in [7, 11) is 0. The van der Waals surface area contributed by atoms with Crippen LogP contribution in [-0.2, 0) is 35.0 Å². The van der Waals surface area contributed by atoms with Crippen LogP contribution < -0.4 is 15.2 Å². The molecule has 0 aliphatic carbocycles. The summed E-state index contributed by atoms with van der Waals surface area (Å²) < 4.78 is 25.6. The van der Waals surface area contributed by atoms with Gasteiger partial charge >= 0.3 is 24.1 Å². The van der Waals surface area contributed by atoms with Gasteiger partial charge in [0.05, 0.1) is 18.4 Å². The third kappa shape index (κ3) is 10.3. The quantitative estimate of drug-likeness (QED) is 0.319. The van der Waals surface area contributed by atoms with Crippen LogP contribution in [0, 0.1) is 11.8 Å². The van der Waals surface area contributed by atoms with E-state index in [1.54, 1.807) is 33.8 Å². The highest BCUT2D eigenvalue weighted by Crippen LogP contribution is 2.31. The molecule has 0 saturated carbocycles. The summed E-state index contributed by atoms with van der Waals surface area (Å²) >= 11 is 0. The highest BCUT2D eigenvalue weighted by atomic mass is 16.7. The van der Waals surface area contributed by atoms with Crippen LogP contribution in [0.2, 0.25) is 0 Å². The molecule has 2 N–H and O–H groups in total. The van der Waals surface area contributed by atoms with Crippen molar-refractivity contribution in [2.45, 2.75) is 73.0 Å². The second kappa shape index (κ2) is 15.0. The van der Waals surface area contributed by atoms with Crippen molar-refractivity contribution in [3.63, 3.8) is 0 Å². The lowest BCUT2D eigenvalue weighted by Gasteiger charge is -2.17. The molecular weight excluding hydrogens is 458 g/mol. The number of hydrogen-bond acceptors (Lipinski definition) is 10. The maximum absolute atomic E-state index is 12.4. The zero-order chi connectivity index (χ0) is 26.5. The molecule has 4 atom stereocenters. The Hall–Kier alpha value is -3.14. The maximum Gasteiger partial charge on any atom is 0.508 e. The van der Waals surface area contributed by atoms with Gasteiger partial charge in [0.1, 0.15) is 18.8 Å². The molecular formula is C25H37NO9. The van der Waals surface area contributed by atoms with Crippen molar-refractivity contribution in [2.24, 2.45) is 17.6 Å². The van der Waals surface area contributed by atoms with E-state index in [2.05, 4.69) is 4.74 Å². The van der Waals surface area contributed by atoms with Crippen LogP contribution in [0.15, 0.2) is 18.2 Å². The molecule has 0 aliphatic rings. The second-order valence-corrected chi connectivity index (χ2v) is 8.29. The zero-order valence-electron chi connectivity index (χ0n) is 21.3. The van der Waals surface area contributed by atoms with Crippen LogP contribution in [0.4, 0.5) is 4.79 Å². The molecule has 0 saturated heterocycles. The first-order valence-corrected chi connectivity index (χ1v) is 11.8. The average Bonchev–Trinajstić information content (AvgIpc) is 2.82. The van der Waals surface area contributed by atoms with E-state index >= 15 is 0 Å². The molecule has 10 nitrogen and oxygen atoms in total. The van der Waals surface area contributed by atoms with E-state index in [1.165, 1.54) is 12.1 Å². The predicted octanol–water partition coefficient (Wildman–Crippen LogP) is 3.56. The summed E-state index contributed by atoms with van der Waals surface area (Å²) in [5.41, 5.74) is 6.55. The van der Waals surface area contributed by atoms with Crippen LogP contribution in [0.5, 0.6) is 11.5 Å². The highest BCUT2D eigenvalue weighted by molar-refractivity contribution is 5.79. The molecule has 0 heterocycles. The number of ether oxygens (including phenoxy) is 5. The number of nitrogens with two attached hydrogens (primary N) is 1. The number of esters is 3. The van der Waals surface area contributed by atoms with Crippen molar-refractivity contribution in [1.82, 2.24) is 0 Å². The lowest BCUT2D eigenvalue weighted by atomic mass is 10.1. The first kappa shape index (κ1) is 29.9. The van der Waals surface area contributed by atoms with Crippen molar-refractivity contribution < 1.29 is 42.9 Å². The normalized spacial score (nSPS) is 14.1. The summed E-state index contributed by atoms with van der Waals surface area (Å²) in [5.74, 6) is -2.11. The van der Waals surface area contributed by atoms with E-state index < -0.39 is 36.2 Å². The van der Waals surface area contributed by atoms with Crippen LogP contribution >= 0.6 is 0 Å². The molecule has 0 amide bonds. The van der Waals surface area contributed by atoms with E-state index in [9.17, 15) is 19.2 Å². The van der Waals surface area contributed by atoms with Crippen molar-refractivity contribution in [2.75, 3.05) is 13.2 Å². The molecule has 0 fully saturated rings. The Morgan fingerprint density at radius 3 is 1.94 bits per heavy atom. The first-order chi connectivity index (χ1) is 16.5. The smallest absolute Gasteiger partial charge is 0.461 e. The fourth-order valence-corrected chi connectivity index (χ4v) is 2.59. The molecule has 196 valence electrons. The Kier molecular flexibility index (Phi) is 12.8. The molecule has 0 bridgehead atoms. The fourth-order valence-electron chi connectivity index (χ4n) is 2.59. The molecule has 1 aromatic rings. The predicted molar refractivity (Wildman–Crippen MR) is 127 cm³/mol. The van der Waals surface area contributed by atoms with Gasteiger partial charge in [-0.2, -0.15) is 0 Å². The van der Waals surface area contributed by atoms with Crippen LogP contribution in [-0.4, -0.2) is 49.4 Å². The Balaban J connectivity index is 2.90. The molecule has 1 rings (SSSR count). The van der Waals surface area contributed by atoms with Gasteiger partial charge in [0.25, 0.3) is 0 Å². The monoisotopic (exact) mass is 495 g/mol. The van der Waals surface area contributed by atoms with E-state index in [4.69, 9.17) is 24.7 Å². The molecule has 35 heavy (non-hydrogen) atoms. The SMILES string of the molecule is CCOC(=O)O[C@@H](C)COC(=O)[C@@H](N)Cc1ccc(OC(=O)C(C)CC)c(OC(=O)C(C)CC)c1. The fraction of sp³-hybridized carbons (Fsp3) is 0.600. The number of benzene rings is 1. The van der Waals surface area contributed by atoms with Gasteiger partial charge in [-0.15, -0.1) is 0 Å². The van der Waals surface area contributed by atoms with Crippen molar-refractivity contribution in [3.8, 4) is 11.5 Å². The molecule has 0 aliphatic heterocycles. The summed E-state index contributed by atoms with van der Waals surface area (Å²) in [6.07, 6.45) is -0.320. The number of carbonyl (C=O) groups excluding carboxylic acids is 4. The minimum atomic E-state index is -1.03. The van der Waals surface area contributed by atoms with E-state index in [1.807, 2.05) is 13.8 Å². The summed E-state index contributed by atoms with van der Waals surface area (Å²) in [6.45, 7) is 10.4. The van der Waals surface area contributed by atoms with E-state index in [0.29, 0.717) is 18.4 Å². The molecule has 10 heteroatoms. The molecule has 0 spiro atoms. The van der Waals surface area contributed by atoms with Gasteiger partial charge in [0.2, 0.25) is 0 Å². The van der Waals surface area contributed by atoms with Gasteiger partial charge in [-0.1, -0.05) is 33.8 Å². The standard InChI is InChI=1S/C25H37NO9/c1-7-15(4)22(27)34-20-11-10-18(13-21(20)35-23(28)16(5)8-2)12-19(26)24(29)32-14-17(6)33-25(30)31-9-3/h10-11,13,15-17,19H,7-9,12,14,26H2,1-6H3/t15?,16?,17-,19-/m0/s1. The number of hydrogen-bond donors (Lipinski definition) is 1. The third-order valence-electron chi connectivity index (χ3n) is 5.24. The van der Waals surface area contributed by atoms with E-state index in [0.717, 1.165) is 0 Å². The van der Waals surface area contributed by atoms with Gasteiger partial charge in [-0.05, 0) is 50.8 Å². The minimum absolute atomic E-state index is 0.0689. The van der Waals surface area contributed by atoms with Crippen LogP contribution in [0.25, 0.3) is 0 Å². The lowest BCUT2D eigenvalue weighted by Crippen LogP contribution is -2.36. The Morgan fingerprint density at radius 1 is 0.829 bits per heavy atom. The first-order valence-electron chi connectivity index (χ1n) is 11.8. The molecule has 0 aromatic heterocycles. The Bertz CT molecular complexity index is 870.